The van der Waals surface area contributed by atoms with E-state index in [2.05, 4.69) is 4.98 Å². The molecular formula is C10H6FNO. The number of pyridine rings is 1. The fourth-order valence-electron chi connectivity index (χ4n) is 1.26. The summed E-state index contributed by atoms with van der Waals surface area (Å²) in [4.78, 5) is 14.5. The third kappa shape index (κ3) is 1.18. The number of hydrogen-bond donors (Lipinski definition) is 0. The molecule has 0 spiro atoms. The van der Waals surface area contributed by atoms with Crippen molar-refractivity contribution in [1.82, 2.24) is 4.98 Å². The summed E-state index contributed by atoms with van der Waals surface area (Å²) in [5.74, 6) is -0.527. The van der Waals surface area contributed by atoms with Crippen LogP contribution in [0.25, 0.3) is 10.9 Å². The van der Waals surface area contributed by atoms with Gasteiger partial charge in [-0.3, -0.25) is 9.78 Å². The molecule has 0 atom stereocenters. The lowest BCUT2D eigenvalue weighted by atomic mass is 10.1. The van der Waals surface area contributed by atoms with Gasteiger partial charge in [0.05, 0.1) is 11.1 Å². The molecule has 0 N–H and O–H groups in total. The Kier molecular flexibility index (Phi) is 1.77. The third-order valence-corrected chi connectivity index (χ3v) is 1.88. The van der Waals surface area contributed by atoms with Crippen LogP contribution >= 0.6 is 0 Å². The van der Waals surface area contributed by atoms with Gasteiger partial charge in [-0.1, -0.05) is 6.07 Å². The summed E-state index contributed by atoms with van der Waals surface area (Å²) in [6.07, 6.45) is 2.03. The Labute approximate surface area is 74.0 Å². The molecule has 0 aliphatic carbocycles. The molecule has 0 saturated carbocycles. The standard InChI is InChI=1S/C10H6FNO/c11-9-4-3-7-2-1-5-12-10(7)8(9)6-13/h1-6H. The summed E-state index contributed by atoms with van der Waals surface area (Å²) in [7, 11) is 0. The molecule has 0 aliphatic rings. The first kappa shape index (κ1) is 7.86. The van der Waals surface area contributed by atoms with Crippen LogP contribution in [0.4, 0.5) is 4.39 Å². The molecule has 3 heteroatoms. The van der Waals surface area contributed by atoms with Crippen LogP contribution < -0.4 is 0 Å². The molecule has 0 saturated heterocycles. The van der Waals surface area contributed by atoms with Gasteiger partial charge in [-0.15, -0.1) is 0 Å². The monoisotopic (exact) mass is 175 g/mol. The van der Waals surface area contributed by atoms with Gasteiger partial charge in [-0.05, 0) is 18.2 Å². The highest BCUT2D eigenvalue weighted by molar-refractivity contribution is 5.95. The van der Waals surface area contributed by atoms with E-state index in [-0.39, 0.29) is 5.56 Å². The number of halogens is 1. The van der Waals surface area contributed by atoms with E-state index in [9.17, 15) is 9.18 Å². The molecule has 1 aromatic carbocycles. The summed E-state index contributed by atoms with van der Waals surface area (Å²) in [6, 6.07) is 6.40. The van der Waals surface area contributed by atoms with Gasteiger partial charge in [-0.25, -0.2) is 4.39 Å². The van der Waals surface area contributed by atoms with E-state index in [1.165, 1.54) is 12.3 Å². The van der Waals surface area contributed by atoms with Crippen LogP contribution in [0.1, 0.15) is 10.4 Å². The van der Waals surface area contributed by atoms with Crippen LogP contribution in [0.2, 0.25) is 0 Å². The lowest BCUT2D eigenvalue weighted by Gasteiger charge is -1.99. The molecule has 1 aromatic heterocycles. The number of benzene rings is 1. The summed E-state index contributed by atoms with van der Waals surface area (Å²) in [6.45, 7) is 0. The molecule has 0 radical (unpaired) electrons. The van der Waals surface area contributed by atoms with E-state index in [4.69, 9.17) is 0 Å². The second-order valence-electron chi connectivity index (χ2n) is 2.65. The zero-order valence-corrected chi connectivity index (χ0v) is 6.70. The van der Waals surface area contributed by atoms with E-state index in [0.717, 1.165) is 5.39 Å². The van der Waals surface area contributed by atoms with Crippen molar-refractivity contribution in [3.05, 3.63) is 41.8 Å². The summed E-state index contributed by atoms with van der Waals surface area (Å²) in [5, 5.41) is 0.769. The Morgan fingerprint density at radius 3 is 2.92 bits per heavy atom. The van der Waals surface area contributed by atoms with Crippen molar-refractivity contribution in [2.24, 2.45) is 0 Å². The highest BCUT2D eigenvalue weighted by Crippen LogP contribution is 2.17. The maximum absolute atomic E-state index is 13.0. The van der Waals surface area contributed by atoms with Crippen molar-refractivity contribution < 1.29 is 9.18 Å². The maximum Gasteiger partial charge on any atom is 0.155 e. The SMILES string of the molecule is O=Cc1c(F)ccc2cccnc12. The number of rotatable bonds is 1. The van der Waals surface area contributed by atoms with Crippen LogP contribution in [-0.4, -0.2) is 11.3 Å². The van der Waals surface area contributed by atoms with Gasteiger partial charge >= 0.3 is 0 Å². The van der Waals surface area contributed by atoms with E-state index in [1.807, 2.05) is 0 Å². The van der Waals surface area contributed by atoms with Crippen LogP contribution in [0, 0.1) is 5.82 Å². The normalized spacial score (nSPS) is 10.2. The predicted octanol–water partition coefficient (Wildman–Crippen LogP) is 2.19. The zero-order valence-electron chi connectivity index (χ0n) is 6.70. The molecule has 2 aromatic rings. The summed E-state index contributed by atoms with van der Waals surface area (Å²) >= 11 is 0. The van der Waals surface area contributed by atoms with E-state index < -0.39 is 5.82 Å². The zero-order chi connectivity index (χ0) is 9.26. The molecule has 64 valence electrons. The topological polar surface area (TPSA) is 30.0 Å². The fourth-order valence-corrected chi connectivity index (χ4v) is 1.26. The minimum absolute atomic E-state index is 0.0260. The third-order valence-electron chi connectivity index (χ3n) is 1.88. The summed E-state index contributed by atoms with van der Waals surface area (Å²) < 4.78 is 13.0. The van der Waals surface area contributed by atoms with E-state index >= 15 is 0 Å². The van der Waals surface area contributed by atoms with Crippen LogP contribution in [0.5, 0.6) is 0 Å². The van der Waals surface area contributed by atoms with Crippen LogP contribution in [0.3, 0.4) is 0 Å². The lowest BCUT2D eigenvalue weighted by molar-refractivity contribution is 0.112. The van der Waals surface area contributed by atoms with Crippen LogP contribution in [-0.2, 0) is 0 Å². The Morgan fingerprint density at radius 2 is 2.15 bits per heavy atom. The number of fused-ring (bicyclic) bond motifs is 1. The number of hydrogen-bond acceptors (Lipinski definition) is 2. The first-order valence-electron chi connectivity index (χ1n) is 3.81. The molecule has 0 unspecified atom stereocenters. The Balaban J connectivity index is 2.91. The molecule has 0 aliphatic heterocycles. The van der Waals surface area contributed by atoms with E-state index in [0.29, 0.717) is 11.8 Å². The Bertz CT molecular complexity index is 467. The fraction of sp³-hybridized carbons (Fsp3) is 0. The molecule has 0 amide bonds. The van der Waals surface area contributed by atoms with Crippen molar-refractivity contribution in [3.63, 3.8) is 0 Å². The highest BCUT2D eigenvalue weighted by Gasteiger charge is 2.06. The van der Waals surface area contributed by atoms with Crippen molar-refractivity contribution >= 4 is 17.2 Å². The first-order chi connectivity index (χ1) is 6.33. The first-order valence-corrected chi connectivity index (χ1v) is 3.81. The van der Waals surface area contributed by atoms with Crippen LogP contribution in [0.15, 0.2) is 30.5 Å². The summed E-state index contributed by atoms with van der Waals surface area (Å²) in [5.41, 5.74) is 0.440. The number of carbonyl (C=O) groups is 1. The van der Waals surface area contributed by atoms with Crippen molar-refractivity contribution in [1.29, 1.82) is 0 Å². The molecule has 13 heavy (non-hydrogen) atoms. The average Bonchev–Trinajstić information content (AvgIpc) is 2.18. The molecule has 0 bridgehead atoms. The lowest BCUT2D eigenvalue weighted by Crippen LogP contribution is -1.91. The smallest absolute Gasteiger partial charge is 0.155 e. The maximum atomic E-state index is 13.0. The molecule has 0 fully saturated rings. The molecule has 1 heterocycles. The number of aldehydes is 1. The van der Waals surface area contributed by atoms with Crippen molar-refractivity contribution in [3.8, 4) is 0 Å². The van der Waals surface area contributed by atoms with Gasteiger partial charge in [0.15, 0.2) is 6.29 Å². The van der Waals surface area contributed by atoms with E-state index in [1.54, 1.807) is 18.2 Å². The molecule has 2 nitrogen and oxygen atoms in total. The number of nitrogens with zero attached hydrogens (tertiary/aromatic N) is 1. The largest absolute Gasteiger partial charge is 0.298 e. The Hall–Kier alpha value is -1.77. The molecule has 2 rings (SSSR count). The van der Waals surface area contributed by atoms with Gasteiger partial charge in [-0.2, -0.15) is 0 Å². The van der Waals surface area contributed by atoms with Gasteiger partial charge in [0.25, 0.3) is 0 Å². The van der Waals surface area contributed by atoms with Gasteiger partial charge < -0.3 is 0 Å². The number of aromatic nitrogens is 1. The van der Waals surface area contributed by atoms with Gasteiger partial charge in [0.1, 0.15) is 5.82 Å². The quantitative estimate of drug-likeness (QED) is 0.622. The second-order valence-corrected chi connectivity index (χ2v) is 2.65. The Morgan fingerprint density at radius 1 is 1.31 bits per heavy atom. The number of carbonyl (C=O) groups excluding carboxylic acids is 1. The minimum Gasteiger partial charge on any atom is -0.298 e. The second kappa shape index (κ2) is 2.94. The molecular weight excluding hydrogens is 169 g/mol. The van der Waals surface area contributed by atoms with Gasteiger partial charge in [0.2, 0.25) is 0 Å². The predicted molar refractivity (Wildman–Crippen MR) is 47.1 cm³/mol. The minimum atomic E-state index is -0.527. The van der Waals surface area contributed by atoms with Crippen molar-refractivity contribution in [2.75, 3.05) is 0 Å². The van der Waals surface area contributed by atoms with Crippen molar-refractivity contribution in [2.45, 2.75) is 0 Å². The highest BCUT2D eigenvalue weighted by atomic mass is 19.1. The van der Waals surface area contributed by atoms with Gasteiger partial charge in [0, 0.05) is 11.6 Å². The average molecular weight is 175 g/mol.